The van der Waals surface area contributed by atoms with Crippen LogP contribution in [0.5, 0.6) is 0 Å². The van der Waals surface area contributed by atoms with E-state index >= 15 is 0 Å². The fraction of sp³-hybridized carbons (Fsp3) is 0.909. The molecule has 0 saturated carbocycles. The van der Waals surface area contributed by atoms with E-state index in [-0.39, 0.29) is 0 Å². The van der Waals surface area contributed by atoms with E-state index in [0.717, 1.165) is 25.8 Å². The highest BCUT2D eigenvalue weighted by Gasteiger charge is 2.29. The summed E-state index contributed by atoms with van der Waals surface area (Å²) in [6.07, 6.45) is 4.11. The first kappa shape index (κ1) is 10.6. The Bertz CT molecular complexity index is 177. The molecule has 2 nitrogen and oxygen atoms in total. The third-order valence-electron chi connectivity index (χ3n) is 2.66. The van der Waals surface area contributed by atoms with Crippen LogP contribution in [0.4, 0.5) is 0 Å². The molecule has 1 saturated heterocycles. The van der Waals surface area contributed by atoms with Gasteiger partial charge in [0, 0.05) is 19.0 Å². The highest BCUT2D eigenvalue weighted by atomic mass is 16.2. The Labute approximate surface area is 81.3 Å². The molecular weight excluding hydrogens is 162 g/mol. The van der Waals surface area contributed by atoms with Gasteiger partial charge in [0.1, 0.15) is 0 Å². The highest BCUT2D eigenvalue weighted by Crippen LogP contribution is 2.24. The topological polar surface area (TPSA) is 20.3 Å². The third-order valence-corrected chi connectivity index (χ3v) is 2.66. The lowest BCUT2D eigenvalue weighted by molar-refractivity contribution is -0.129. The molecule has 2 heteroatoms. The summed E-state index contributed by atoms with van der Waals surface area (Å²) >= 11 is 0. The number of carbonyl (C=O) groups excluding carboxylic acids is 1. The van der Waals surface area contributed by atoms with Gasteiger partial charge in [-0.3, -0.25) is 4.79 Å². The Morgan fingerprint density at radius 1 is 1.54 bits per heavy atom. The Morgan fingerprint density at radius 2 is 2.23 bits per heavy atom. The molecule has 1 atom stereocenters. The van der Waals surface area contributed by atoms with Crippen LogP contribution in [0.25, 0.3) is 0 Å². The highest BCUT2D eigenvalue weighted by molar-refractivity contribution is 5.78. The standard InChI is InChI=1S/C11H21NO/c1-4-7-12-10(8-9(2)3)5-6-11(12)13/h9-10H,4-8H2,1-3H3. The summed E-state index contributed by atoms with van der Waals surface area (Å²) in [5, 5.41) is 0. The van der Waals surface area contributed by atoms with Gasteiger partial charge in [-0.15, -0.1) is 0 Å². The second kappa shape index (κ2) is 4.64. The third kappa shape index (κ3) is 2.71. The molecule has 1 rings (SSSR count). The Balaban J connectivity index is 2.48. The minimum absolute atomic E-state index is 0.368. The molecule has 1 amide bonds. The van der Waals surface area contributed by atoms with Gasteiger partial charge in [0.2, 0.25) is 5.91 Å². The smallest absolute Gasteiger partial charge is 0.222 e. The van der Waals surface area contributed by atoms with Crippen LogP contribution in [-0.4, -0.2) is 23.4 Å². The van der Waals surface area contributed by atoms with Crippen molar-refractivity contribution in [3.05, 3.63) is 0 Å². The van der Waals surface area contributed by atoms with E-state index in [2.05, 4.69) is 25.7 Å². The SMILES string of the molecule is CCCN1C(=O)CCC1CC(C)C. The van der Waals surface area contributed by atoms with E-state index in [9.17, 15) is 4.79 Å². The number of amides is 1. The van der Waals surface area contributed by atoms with Crippen molar-refractivity contribution in [2.24, 2.45) is 5.92 Å². The van der Waals surface area contributed by atoms with Crippen molar-refractivity contribution < 1.29 is 4.79 Å². The summed E-state index contributed by atoms with van der Waals surface area (Å²) in [5.41, 5.74) is 0. The lowest BCUT2D eigenvalue weighted by Crippen LogP contribution is -2.34. The molecule has 13 heavy (non-hydrogen) atoms. The maximum atomic E-state index is 11.5. The van der Waals surface area contributed by atoms with Crippen LogP contribution in [-0.2, 0) is 4.79 Å². The van der Waals surface area contributed by atoms with Crippen LogP contribution >= 0.6 is 0 Å². The Kier molecular flexibility index (Phi) is 3.76. The van der Waals surface area contributed by atoms with Crippen molar-refractivity contribution in [2.75, 3.05) is 6.54 Å². The quantitative estimate of drug-likeness (QED) is 0.655. The van der Waals surface area contributed by atoms with Crippen LogP contribution in [0, 0.1) is 5.92 Å². The molecule has 0 aromatic carbocycles. The molecule has 0 aromatic rings. The van der Waals surface area contributed by atoms with Crippen molar-refractivity contribution in [2.45, 2.75) is 52.5 Å². The van der Waals surface area contributed by atoms with E-state index in [4.69, 9.17) is 0 Å². The summed E-state index contributed by atoms with van der Waals surface area (Å²) in [7, 11) is 0. The Morgan fingerprint density at radius 3 is 2.77 bits per heavy atom. The lowest BCUT2D eigenvalue weighted by atomic mass is 10.0. The number of nitrogens with zero attached hydrogens (tertiary/aromatic N) is 1. The summed E-state index contributed by atoms with van der Waals surface area (Å²) in [6, 6.07) is 0.535. The predicted octanol–water partition coefficient (Wildman–Crippen LogP) is 2.43. The first-order valence-electron chi connectivity index (χ1n) is 5.44. The van der Waals surface area contributed by atoms with Crippen molar-refractivity contribution >= 4 is 5.91 Å². The molecule has 1 aliphatic rings. The van der Waals surface area contributed by atoms with Gasteiger partial charge < -0.3 is 4.90 Å². The molecule has 0 spiro atoms. The van der Waals surface area contributed by atoms with E-state index < -0.39 is 0 Å². The lowest BCUT2D eigenvalue weighted by Gasteiger charge is -2.25. The van der Waals surface area contributed by atoms with Crippen molar-refractivity contribution in [1.82, 2.24) is 4.90 Å². The van der Waals surface area contributed by atoms with E-state index in [1.54, 1.807) is 0 Å². The first-order chi connectivity index (χ1) is 6.15. The molecule has 1 unspecified atom stereocenters. The van der Waals surface area contributed by atoms with Crippen molar-refractivity contribution in [3.8, 4) is 0 Å². The molecule has 0 radical (unpaired) electrons. The van der Waals surface area contributed by atoms with Gasteiger partial charge in [-0.25, -0.2) is 0 Å². The molecule has 1 fully saturated rings. The number of hydrogen-bond acceptors (Lipinski definition) is 1. The van der Waals surface area contributed by atoms with Crippen LogP contribution in [0.2, 0.25) is 0 Å². The number of likely N-dealkylation sites (tertiary alicyclic amines) is 1. The van der Waals surface area contributed by atoms with Gasteiger partial charge in [0.15, 0.2) is 0 Å². The maximum absolute atomic E-state index is 11.5. The zero-order chi connectivity index (χ0) is 9.84. The molecule has 1 aliphatic heterocycles. The fourth-order valence-electron chi connectivity index (χ4n) is 2.13. The van der Waals surface area contributed by atoms with E-state index in [1.807, 2.05) is 0 Å². The second-order valence-corrected chi connectivity index (χ2v) is 4.41. The fourth-order valence-corrected chi connectivity index (χ4v) is 2.13. The zero-order valence-electron chi connectivity index (χ0n) is 9.05. The summed E-state index contributed by atoms with van der Waals surface area (Å²) in [6.45, 7) is 7.55. The Hall–Kier alpha value is -0.530. The molecule has 0 N–H and O–H groups in total. The molecule has 1 heterocycles. The van der Waals surface area contributed by atoms with E-state index in [1.165, 1.54) is 6.42 Å². The monoisotopic (exact) mass is 183 g/mol. The summed E-state index contributed by atoms with van der Waals surface area (Å²) in [5.74, 6) is 1.07. The van der Waals surface area contributed by atoms with Gasteiger partial charge in [0.25, 0.3) is 0 Å². The normalized spacial score (nSPS) is 23.2. The van der Waals surface area contributed by atoms with Gasteiger partial charge in [-0.2, -0.15) is 0 Å². The number of carbonyl (C=O) groups is 1. The van der Waals surface area contributed by atoms with Crippen LogP contribution < -0.4 is 0 Å². The average Bonchev–Trinajstić information content (AvgIpc) is 2.35. The largest absolute Gasteiger partial charge is 0.340 e. The molecule has 0 aromatic heterocycles. The first-order valence-corrected chi connectivity index (χ1v) is 5.44. The van der Waals surface area contributed by atoms with Gasteiger partial charge in [0.05, 0.1) is 0 Å². The summed E-state index contributed by atoms with van der Waals surface area (Å²) < 4.78 is 0. The van der Waals surface area contributed by atoms with Crippen molar-refractivity contribution in [1.29, 1.82) is 0 Å². The molecular formula is C11H21NO. The number of rotatable bonds is 4. The second-order valence-electron chi connectivity index (χ2n) is 4.41. The average molecular weight is 183 g/mol. The van der Waals surface area contributed by atoms with Crippen LogP contribution in [0.1, 0.15) is 46.5 Å². The minimum Gasteiger partial charge on any atom is -0.340 e. The van der Waals surface area contributed by atoms with Gasteiger partial charge >= 0.3 is 0 Å². The molecule has 0 bridgehead atoms. The summed E-state index contributed by atoms with van der Waals surface area (Å²) in [4.78, 5) is 13.6. The predicted molar refractivity (Wildman–Crippen MR) is 54.5 cm³/mol. The number of hydrogen-bond donors (Lipinski definition) is 0. The molecule has 0 aliphatic carbocycles. The zero-order valence-corrected chi connectivity index (χ0v) is 9.05. The molecule has 76 valence electrons. The van der Waals surface area contributed by atoms with Gasteiger partial charge in [-0.1, -0.05) is 20.8 Å². The maximum Gasteiger partial charge on any atom is 0.222 e. The van der Waals surface area contributed by atoms with Crippen LogP contribution in [0.3, 0.4) is 0 Å². The van der Waals surface area contributed by atoms with Crippen molar-refractivity contribution in [3.63, 3.8) is 0 Å². The van der Waals surface area contributed by atoms with Gasteiger partial charge in [-0.05, 0) is 25.2 Å². The van der Waals surface area contributed by atoms with E-state index in [0.29, 0.717) is 17.9 Å². The van der Waals surface area contributed by atoms with Crippen LogP contribution in [0.15, 0.2) is 0 Å². The minimum atomic E-state index is 0.368.